The Morgan fingerprint density at radius 1 is 1.24 bits per heavy atom. The summed E-state index contributed by atoms with van der Waals surface area (Å²) in [5.41, 5.74) is 2.75. The molecule has 1 nitrogen and oxygen atoms in total. The van der Waals surface area contributed by atoms with Crippen molar-refractivity contribution >= 4 is 6.08 Å². The maximum atomic E-state index is 6.07. The molecule has 1 aromatic rings. The van der Waals surface area contributed by atoms with E-state index in [0.29, 0.717) is 11.8 Å². The van der Waals surface area contributed by atoms with Crippen molar-refractivity contribution in [2.45, 2.75) is 26.9 Å². The third kappa shape index (κ3) is 2.75. The summed E-state index contributed by atoms with van der Waals surface area (Å²) < 4.78 is 6.07. The van der Waals surface area contributed by atoms with E-state index in [1.54, 1.807) is 0 Å². The van der Waals surface area contributed by atoms with Crippen molar-refractivity contribution in [1.82, 2.24) is 0 Å². The van der Waals surface area contributed by atoms with Gasteiger partial charge in [-0.15, -0.1) is 0 Å². The second-order valence-corrected chi connectivity index (χ2v) is 6.65. The Balaban J connectivity index is 1.79. The highest BCUT2D eigenvalue weighted by molar-refractivity contribution is 5.50. The van der Waals surface area contributed by atoms with Crippen LogP contribution in [0.4, 0.5) is 0 Å². The molecule has 0 spiro atoms. The molecule has 3 rings (SSSR count). The summed E-state index contributed by atoms with van der Waals surface area (Å²) in [5, 5.41) is 0. The molecule has 0 saturated carbocycles. The fraction of sp³-hybridized carbons (Fsp3) is 0.400. The van der Waals surface area contributed by atoms with Crippen LogP contribution in [0, 0.1) is 17.3 Å². The van der Waals surface area contributed by atoms with Crippen LogP contribution in [-0.4, -0.2) is 12.7 Å². The summed E-state index contributed by atoms with van der Waals surface area (Å²) in [5.74, 6) is 1.08. The molecule has 3 atom stereocenters. The number of benzene rings is 1. The molecule has 21 heavy (non-hydrogen) atoms. The lowest BCUT2D eigenvalue weighted by Crippen LogP contribution is -2.31. The molecule has 1 aliphatic carbocycles. The topological polar surface area (TPSA) is 9.23 Å². The van der Waals surface area contributed by atoms with Gasteiger partial charge in [-0.1, -0.05) is 81.5 Å². The summed E-state index contributed by atoms with van der Waals surface area (Å²) in [6.45, 7) is 7.64. The van der Waals surface area contributed by atoms with Crippen LogP contribution in [0.2, 0.25) is 0 Å². The molecule has 0 aromatic heterocycles. The first-order chi connectivity index (χ1) is 10.1. The van der Waals surface area contributed by atoms with Gasteiger partial charge in [-0.3, -0.25) is 0 Å². The minimum atomic E-state index is 0.0870. The molecular formula is C20H24O. The van der Waals surface area contributed by atoms with Gasteiger partial charge in [0.25, 0.3) is 0 Å². The van der Waals surface area contributed by atoms with Crippen LogP contribution in [0.3, 0.4) is 0 Å². The number of ether oxygens (including phenoxy) is 1. The smallest absolute Gasteiger partial charge is 0.0853 e. The summed E-state index contributed by atoms with van der Waals surface area (Å²) >= 11 is 0. The van der Waals surface area contributed by atoms with E-state index < -0.39 is 0 Å². The number of fused-ring (bicyclic) bond motifs is 1. The van der Waals surface area contributed by atoms with E-state index in [-0.39, 0.29) is 11.5 Å². The molecule has 110 valence electrons. The van der Waals surface area contributed by atoms with Crippen LogP contribution < -0.4 is 0 Å². The highest BCUT2D eigenvalue weighted by atomic mass is 16.5. The highest BCUT2D eigenvalue weighted by Gasteiger charge is 2.45. The van der Waals surface area contributed by atoms with Crippen molar-refractivity contribution in [1.29, 1.82) is 0 Å². The van der Waals surface area contributed by atoms with Crippen molar-refractivity contribution < 1.29 is 4.74 Å². The fourth-order valence-electron chi connectivity index (χ4n) is 3.20. The van der Waals surface area contributed by atoms with Crippen molar-refractivity contribution in [3.05, 3.63) is 65.8 Å². The number of hydrogen-bond acceptors (Lipinski definition) is 1. The Morgan fingerprint density at radius 2 is 2.00 bits per heavy atom. The Morgan fingerprint density at radius 3 is 2.71 bits per heavy atom. The van der Waals surface area contributed by atoms with E-state index in [2.05, 4.69) is 75.4 Å². The van der Waals surface area contributed by atoms with E-state index in [4.69, 9.17) is 4.74 Å². The summed E-state index contributed by atoms with van der Waals surface area (Å²) in [7, 11) is 0. The molecule has 1 unspecified atom stereocenters. The fourth-order valence-corrected chi connectivity index (χ4v) is 3.20. The number of hydrogen-bond donors (Lipinski definition) is 0. The second kappa shape index (κ2) is 5.65. The molecule has 1 heteroatoms. The van der Waals surface area contributed by atoms with Gasteiger partial charge in [0.2, 0.25) is 0 Å². The Kier molecular flexibility index (Phi) is 3.86. The molecule has 1 aromatic carbocycles. The zero-order chi connectivity index (χ0) is 14.9. The van der Waals surface area contributed by atoms with Gasteiger partial charge in [-0.2, -0.15) is 0 Å². The molecular weight excluding hydrogens is 256 g/mol. The predicted octanol–water partition coefficient (Wildman–Crippen LogP) is 4.87. The first-order valence-electron chi connectivity index (χ1n) is 7.85. The lowest BCUT2D eigenvalue weighted by Gasteiger charge is -2.32. The predicted molar refractivity (Wildman–Crippen MR) is 88.9 cm³/mol. The lowest BCUT2D eigenvalue weighted by atomic mass is 9.70. The standard InChI is InChI=1S/C20H24O/c1-15(2)17-11-12-20(3)18(13-17)14-21-19(20)10-9-16-7-5-4-6-8-16/h4-13,15,18-19H,14H2,1-3H3/b10-9+/t18-,19?,20-/m1/s1. The molecule has 1 saturated heterocycles. The van der Waals surface area contributed by atoms with Crippen LogP contribution in [0.5, 0.6) is 0 Å². The van der Waals surface area contributed by atoms with Gasteiger partial charge < -0.3 is 4.74 Å². The van der Waals surface area contributed by atoms with Gasteiger partial charge in [0.1, 0.15) is 0 Å². The van der Waals surface area contributed by atoms with Crippen molar-refractivity contribution in [2.24, 2.45) is 17.3 Å². The summed E-state index contributed by atoms with van der Waals surface area (Å²) in [4.78, 5) is 0. The quantitative estimate of drug-likeness (QED) is 0.767. The van der Waals surface area contributed by atoms with Crippen molar-refractivity contribution in [3.8, 4) is 0 Å². The monoisotopic (exact) mass is 280 g/mol. The van der Waals surface area contributed by atoms with Gasteiger partial charge >= 0.3 is 0 Å². The summed E-state index contributed by atoms with van der Waals surface area (Å²) in [6, 6.07) is 10.4. The zero-order valence-corrected chi connectivity index (χ0v) is 13.1. The average molecular weight is 280 g/mol. The van der Waals surface area contributed by atoms with Crippen LogP contribution in [0.1, 0.15) is 26.3 Å². The molecule has 0 N–H and O–H groups in total. The van der Waals surface area contributed by atoms with Gasteiger partial charge in [0.15, 0.2) is 0 Å². The molecule has 0 radical (unpaired) electrons. The second-order valence-electron chi connectivity index (χ2n) is 6.65. The van der Waals surface area contributed by atoms with Crippen molar-refractivity contribution in [2.75, 3.05) is 6.61 Å². The van der Waals surface area contributed by atoms with Gasteiger partial charge in [-0.05, 0) is 17.1 Å². The van der Waals surface area contributed by atoms with Crippen LogP contribution in [0.25, 0.3) is 6.08 Å². The lowest BCUT2D eigenvalue weighted by molar-refractivity contribution is 0.113. The normalized spacial score (nSPS) is 31.7. The van der Waals surface area contributed by atoms with Crippen molar-refractivity contribution in [3.63, 3.8) is 0 Å². The molecule has 1 heterocycles. The minimum Gasteiger partial charge on any atom is -0.373 e. The Labute approximate surface area is 128 Å². The van der Waals surface area contributed by atoms with Crippen LogP contribution in [-0.2, 0) is 4.74 Å². The third-order valence-corrected chi connectivity index (χ3v) is 4.83. The van der Waals surface area contributed by atoms with Crippen LogP contribution in [0.15, 0.2) is 60.2 Å². The average Bonchev–Trinajstić information content (AvgIpc) is 2.81. The van der Waals surface area contributed by atoms with E-state index in [0.717, 1.165) is 6.61 Å². The minimum absolute atomic E-state index is 0.0870. The zero-order valence-electron chi connectivity index (χ0n) is 13.1. The third-order valence-electron chi connectivity index (χ3n) is 4.83. The molecule has 0 amide bonds. The van der Waals surface area contributed by atoms with E-state index in [1.165, 1.54) is 11.1 Å². The highest BCUT2D eigenvalue weighted by Crippen LogP contribution is 2.46. The largest absolute Gasteiger partial charge is 0.373 e. The van der Waals surface area contributed by atoms with Gasteiger partial charge in [0.05, 0.1) is 12.7 Å². The number of rotatable bonds is 3. The van der Waals surface area contributed by atoms with Gasteiger partial charge in [-0.25, -0.2) is 0 Å². The SMILES string of the molecule is CC(C)C1=C[C@@H]2COC(/C=C/c3ccccc3)[C@]2(C)C=C1. The summed E-state index contributed by atoms with van der Waals surface area (Å²) in [6.07, 6.45) is 11.6. The van der Waals surface area contributed by atoms with E-state index in [9.17, 15) is 0 Å². The molecule has 2 aliphatic rings. The van der Waals surface area contributed by atoms with E-state index >= 15 is 0 Å². The first kappa shape index (κ1) is 14.3. The maximum Gasteiger partial charge on any atom is 0.0853 e. The Bertz CT molecular complexity index is 579. The number of allylic oxidation sites excluding steroid dienone is 2. The molecule has 0 bridgehead atoms. The van der Waals surface area contributed by atoms with Gasteiger partial charge in [0, 0.05) is 11.3 Å². The Hall–Kier alpha value is -1.60. The van der Waals surface area contributed by atoms with Crippen LogP contribution >= 0.6 is 0 Å². The molecule has 1 fully saturated rings. The maximum absolute atomic E-state index is 6.07. The molecule has 1 aliphatic heterocycles. The first-order valence-corrected chi connectivity index (χ1v) is 7.85. The van der Waals surface area contributed by atoms with E-state index in [1.807, 2.05) is 6.07 Å².